The van der Waals surface area contributed by atoms with Gasteiger partial charge in [-0.05, 0) is 18.6 Å². The highest BCUT2D eigenvalue weighted by Gasteiger charge is 2.14. The summed E-state index contributed by atoms with van der Waals surface area (Å²) in [4.78, 5) is 13.8. The summed E-state index contributed by atoms with van der Waals surface area (Å²) in [5.41, 5.74) is 0.651. The molecule has 1 aromatic rings. The number of nitrogens with zero attached hydrogens (tertiary/aromatic N) is 1. The van der Waals surface area contributed by atoms with E-state index in [-0.39, 0.29) is 12.5 Å². The van der Waals surface area contributed by atoms with Gasteiger partial charge in [0.15, 0.2) is 0 Å². The van der Waals surface area contributed by atoms with E-state index in [0.717, 1.165) is 6.42 Å². The second-order valence-corrected chi connectivity index (χ2v) is 3.73. The van der Waals surface area contributed by atoms with E-state index >= 15 is 0 Å². The summed E-state index contributed by atoms with van der Waals surface area (Å²) >= 11 is 0. The predicted molar refractivity (Wildman–Crippen MR) is 65.9 cm³/mol. The van der Waals surface area contributed by atoms with Crippen molar-refractivity contribution >= 4 is 5.91 Å². The minimum atomic E-state index is -0.0456. The van der Waals surface area contributed by atoms with Crippen LogP contribution in [-0.2, 0) is 4.74 Å². The van der Waals surface area contributed by atoms with Crippen molar-refractivity contribution in [3.63, 3.8) is 0 Å². The largest absolute Gasteiger partial charge is 0.395 e. The van der Waals surface area contributed by atoms with E-state index in [9.17, 15) is 4.79 Å². The molecule has 0 bridgehead atoms. The van der Waals surface area contributed by atoms with Crippen LogP contribution in [0.1, 0.15) is 16.8 Å². The Bertz CT molecular complexity index is 327. The zero-order chi connectivity index (χ0) is 12.5. The van der Waals surface area contributed by atoms with E-state index < -0.39 is 0 Å². The van der Waals surface area contributed by atoms with Crippen LogP contribution in [0.15, 0.2) is 30.3 Å². The first-order chi connectivity index (χ1) is 8.29. The quantitative estimate of drug-likeness (QED) is 0.724. The van der Waals surface area contributed by atoms with E-state index in [1.807, 2.05) is 18.2 Å². The summed E-state index contributed by atoms with van der Waals surface area (Å²) in [5, 5.41) is 8.96. The van der Waals surface area contributed by atoms with Gasteiger partial charge < -0.3 is 14.7 Å². The van der Waals surface area contributed by atoms with E-state index in [2.05, 4.69) is 0 Å². The van der Waals surface area contributed by atoms with Crippen molar-refractivity contribution in [1.82, 2.24) is 4.90 Å². The number of hydrogen-bond acceptors (Lipinski definition) is 3. The van der Waals surface area contributed by atoms with E-state index in [0.29, 0.717) is 25.3 Å². The van der Waals surface area contributed by atoms with Crippen LogP contribution in [0.5, 0.6) is 0 Å². The third kappa shape index (κ3) is 4.54. The highest BCUT2D eigenvalue weighted by molar-refractivity contribution is 5.94. The Hall–Kier alpha value is -1.39. The van der Waals surface area contributed by atoms with Crippen molar-refractivity contribution in [3.8, 4) is 0 Å². The molecule has 0 aliphatic heterocycles. The predicted octanol–water partition coefficient (Wildman–Crippen LogP) is 1.16. The molecule has 1 aromatic carbocycles. The summed E-state index contributed by atoms with van der Waals surface area (Å²) < 4.78 is 4.96. The summed E-state index contributed by atoms with van der Waals surface area (Å²) in [5.74, 6) is -0.0456. The van der Waals surface area contributed by atoms with Crippen molar-refractivity contribution in [2.45, 2.75) is 6.42 Å². The Balaban J connectivity index is 2.60. The third-order valence-electron chi connectivity index (χ3n) is 2.45. The molecule has 0 saturated heterocycles. The standard InChI is InChI=1S/C13H19NO3/c1-17-11-5-8-14(9-10-15)13(16)12-6-3-2-4-7-12/h2-4,6-7,15H,5,8-11H2,1H3. The van der Waals surface area contributed by atoms with Gasteiger partial charge in [-0.1, -0.05) is 18.2 Å². The molecule has 0 saturated carbocycles. The molecule has 0 spiro atoms. The summed E-state index contributed by atoms with van der Waals surface area (Å²) in [6, 6.07) is 9.10. The molecule has 1 rings (SSSR count). The fourth-order valence-electron chi connectivity index (χ4n) is 1.60. The van der Waals surface area contributed by atoms with Crippen molar-refractivity contribution < 1.29 is 14.6 Å². The molecular weight excluding hydrogens is 218 g/mol. The average molecular weight is 237 g/mol. The normalized spacial score (nSPS) is 10.2. The number of amides is 1. The van der Waals surface area contributed by atoms with Gasteiger partial charge in [-0.15, -0.1) is 0 Å². The van der Waals surface area contributed by atoms with Crippen LogP contribution in [0.2, 0.25) is 0 Å². The molecular formula is C13H19NO3. The number of carbonyl (C=O) groups is 1. The van der Waals surface area contributed by atoms with Gasteiger partial charge >= 0.3 is 0 Å². The van der Waals surface area contributed by atoms with Gasteiger partial charge in [0.2, 0.25) is 0 Å². The molecule has 0 fully saturated rings. The number of aliphatic hydroxyl groups excluding tert-OH is 1. The molecule has 17 heavy (non-hydrogen) atoms. The van der Waals surface area contributed by atoms with Crippen LogP contribution in [0, 0.1) is 0 Å². The molecule has 0 atom stereocenters. The van der Waals surface area contributed by atoms with Gasteiger partial charge in [0, 0.05) is 32.4 Å². The Kier molecular flexibility index (Phi) is 6.29. The Morgan fingerprint density at radius 1 is 1.29 bits per heavy atom. The van der Waals surface area contributed by atoms with Crippen LogP contribution >= 0.6 is 0 Å². The molecule has 0 aliphatic rings. The highest BCUT2D eigenvalue weighted by Crippen LogP contribution is 2.05. The maximum absolute atomic E-state index is 12.1. The van der Waals surface area contributed by atoms with Crippen LogP contribution in [-0.4, -0.2) is 49.3 Å². The van der Waals surface area contributed by atoms with E-state index in [1.165, 1.54) is 0 Å². The molecule has 94 valence electrons. The lowest BCUT2D eigenvalue weighted by Crippen LogP contribution is -2.34. The smallest absolute Gasteiger partial charge is 0.253 e. The molecule has 1 amide bonds. The lowest BCUT2D eigenvalue weighted by Gasteiger charge is -2.21. The number of benzene rings is 1. The number of hydrogen-bond donors (Lipinski definition) is 1. The van der Waals surface area contributed by atoms with Gasteiger partial charge in [-0.3, -0.25) is 4.79 Å². The van der Waals surface area contributed by atoms with E-state index in [4.69, 9.17) is 9.84 Å². The first-order valence-electron chi connectivity index (χ1n) is 5.73. The molecule has 0 unspecified atom stereocenters. The Labute approximate surface area is 102 Å². The van der Waals surface area contributed by atoms with Gasteiger partial charge in [-0.2, -0.15) is 0 Å². The van der Waals surface area contributed by atoms with Crippen molar-refractivity contribution in [2.75, 3.05) is 33.4 Å². The van der Waals surface area contributed by atoms with Crippen molar-refractivity contribution in [3.05, 3.63) is 35.9 Å². The minimum absolute atomic E-state index is 0.0223. The number of ether oxygens (including phenoxy) is 1. The second-order valence-electron chi connectivity index (χ2n) is 3.73. The highest BCUT2D eigenvalue weighted by atomic mass is 16.5. The number of methoxy groups -OCH3 is 1. The third-order valence-corrected chi connectivity index (χ3v) is 2.45. The zero-order valence-electron chi connectivity index (χ0n) is 10.1. The Morgan fingerprint density at radius 2 is 2.00 bits per heavy atom. The van der Waals surface area contributed by atoms with Gasteiger partial charge in [-0.25, -0.2) is 0 Å². The van der Waals surface area contributed by atoms with E-state index in [1.54, 1.807) is 24.1 Å². The minimum Gasteiger partial charge on any atom is -0.395 e. The second kappa shape index (κ2) is 7.81. The summed E-state index contributed by atoms with van der Waals surface area (Å²) in [6.45, 7) is 1.55. The van der Waals surface area contributed by atoms with Crippen molar-refractivity contribution in [2.24, 2.45) is 0 Å². The molecule has 0 radical (unpaired) electrons. The maximum atomic E-state index is 12.1. The van der Waals surface area contributed by atoms with Crippen LogP contribution in [0.4, 0.5) is 0 Å². The lowest BCUT2D eigenvalue weighted by molar-refractivity contribution is 0.0701. The van der Waals surface area contributed by atoms with Gasteiger partial charge in [0.25, 0.3) is 5.91 Å². The molecule has 4 heteroatoms. The monoisotopic (exact) mass is 237 g/mol. The summed E-state index contributed by atoms with van der Waals surface area (Å²) in [7, 11) is 1.63. The van der Waals surface area contributed by atoms with Gasteiger partial charge in [0.05, 0.1) is 6.61 Å². The van der Waals surface area contributed by atoms with Crippen LogP contribution in [0.25, 0.3) is 0 Å². The molecule has 0 aromatic heterocycles. The van der Waals surface area contributed by atoms with Crippen LogP contribution < -0.4 is 0 Å². The molecule has 4 nitrogen and oxygen atoms in total. The zero-order valence-corrected chi connectivity index (χ0v) is 10.1. The SMILES string of the molecule is COCCCN(CCO)C(=O)c1ccccc1. The average Bonchev–Trinajstić information content (AvgIpc) is 2.38. The molecule has 0 aliphatic carbocycles. The van der Waals surface area contributed by atoms with Crippen LogP contribution in [0.3, 0.4) is 0 Å². The topological polar surface area (TPSA) is 49.8 Å². The number of aliphatic hydroxyl groups is 1. The fourth-order valence-corrected chi connectivity index (χ4v) is 1.60. The van der Waals surface area contributed by atoms with Crippen molar-refractivity contribution in [1.29, 1.82) is 0 Å². The molecule has 0 heterocycles. The first-order valence-corrected chi connectivity index (χ1v) is 5.73. The maximum Gasteiger partial charge on any atom is 0.253 e. The lowest BCUT2D eigenvalue weighted by atomic mass is 10.2. The Morgan fingerprint density at radius 3 is 2.59 bits per heavy atom. The number of carbonyl (C=O) groups excluding carboxylic acids is 1. The van der Waals surface area contributed by atoms with Gasteiger partial charge in [0.1, 0.15) is 0 Å². The summed E-state index contributed by atoms with van der Waals surface area (Å²) in [6.07, 6.45) is 0.773. The number of rotatable bonds is 7. The fraction of sp³-hybridized carbons (Fsp3) is 0.462. The first kappa shape index (κ1) is 13.7. The molecule has 1 N–H and O–H groups in total.